The van der Waals surface area contributed by atoms with E-state index in [2.05, 4.69) is 31.0 Å². The number of hydrogen-bond donors (Lipinski definition) is 1. The SMILES string of the molecule is CC(C)CN(C1CCCC1)C1CNCCC1C. The zero-order valence-corrected chi connectivity index (χ0v) is 11.9. The molecule has 0 spiro atoms. The van der Waals surface area contributed by atoms with Crippen LogP contribution in [0, 0.1) is 11.8 Å². The Morgan fingerprint density at radius 3 is 2.47 bits per heavy atom. The first kappa shape index (κ1) is 13.4. The largest absolute Gasteiger partial charge is 0.315 e. The Bertz CT molecular complexity index is 221. The van der Waals surface area contributed by atoms with Gasteiger partial charge in [-0.25, -0.2) is 0 Å². The number of nitrogens with one attached hydrogen (secondary N) is 1. The molecule has 1 aliphatic carbocycles. The zero-order chi connectivity index (χ0) is 12.3. The third-order valence-electron chi connectivity index (χ3n) is 4.58. The summed E-state index contributed by atoms with van der Waals surface area (Å²) in [6.07, 6.45) is 7.14. The summed E-state index contributed by atoms with van der Waals surface area (Å²) >= 11 is 0. The summed E-state index contributed by atoms with van der Waals surface area (Å²) in [5, 5.41) is 3.60. The fourth-order valence-corrected chi connectivity index (χ4v) is 3.63. The van der Waals surface area contributed by atoms with Crippen LogP contribution in [0.4, 0.5) is 0 Å². The first-order valence-electron chi connectivity index (χ1n) is 7.65. The van der Waals surface area contributed by atoms with Crippen LogP contribution in [-0.2, 0) is 0 Å². The van der Waals surface area contributed by atoms with Crippen molar-refractivity contribution in [2.75, 3.05) is 19.6 Å². The summed E-state index contributed by atoms with van der Waals surface area (Å²) in [6.45, 7) is 10.9. The molecular formula is C15H30N2. The van der Waals surface area contributed by atoms with Crippen molar-refractivity contribution in [1.29, 1.82) is 0 Å². The smallest absolute Gasteiger partial charge is 0.0249 e. The summed E-state index contributed by atoms with van der Waals surface area (Å²) in [7, 11) is 0. The molecular weight excluding hydrogens is 208 g/mol. The molecule has 0 amide bonds. The van der Waals surface area contributed by atoms with Crippen molar-refractivity contribution >= 4 is 0 Å². The third kappa shape index (κ3) is 3.45. The van der Waals surface area contributed by atoms with Crippen LogP contribution in [0.3, 0.4) is 0 Å². The molecule has 0 aromatic rings. The minimum absolute atomic E-state index is 0.786. The standard InChI is InChI=1S/C15H30N2/c1-12(2)11-17(14-6-4-5-7-14)15-10-16-9-8-13(15)3/h12-16H,4-11H2,1-3H3. The Hall–Kier alpha value is -0.0800. The molecule has 0 radical (unpaired) electrons. The minimum Gasteiger partial charge on any atom is -0.315 e. The van der Waals surface area contributed by atoms with Gasteiger partial charge in [-0.1, -0.05) is 33.6 Å². The minimum atomic E-state index is 0.786. The second-order valence-corrected chi connectivity index (χ2v) is 6.57. The lowest BCUT2D eigenvalue weighted by molar-refractivity contribution is 0.0681. The number of rotatable bonds is 4. The van der Waals surface area contributed by atoms with Crippen LogP contribution in [0.1, 0.15) is 52.9 Å². The molecule has 2 nitrogen and oxygen atoms in total. The van der Waals surface area contributed by atoms with E-state index in [-0.39, 0.29) is 0 Å². The highest BCUT2D eigenvalue weighted by molar-refractivity contribution is 4.89. The van der Waals surface area contributed by atoms with Crippen LogP contribution in [-0.4, -0.2) is 36.6 Å². The van der Waals surface area contributed by atoms with Gasteiger partial charge < -0.3 is 5.32 Å². The number of hydrogen-bond acceptors (Lipinski definition) is 2. The molecule has 2 rings (SSSR count). The predicted molar refractivity (Wildman–Crippen MR) is 74.2 cm³/mol. The van der Waals surface area contributed by atoms with Gasteiger partial charge in [0.05, 0.1) is 0 Å². The van der Waals surface area contributed by atoms with Crippen molar-refractivity contribution < 1.29 is 0 Å². The molecule has 2 aliphatic rings. The van der Waals surface area contributed by atoms with Crippen molar-refractivity contribution in [2.24, 2.45) is 11.8 Å². The average molecular weight is 238 g/mol. The molecule has 100 valence electrons. The number of nitrogens with zero attached hydrogens (tertiary/aromatic N) is 1. The first-order chi connectivity index (χ1) is 8.18. The van der Waals surface area contributed by atoms with Crippen LogP contribution in [0.5, 0.6) is 0 Å². The third-order valence-corrected chi connectivity index (χ3v) is 4.58. The Kier molecular flexibility index (Phi) is 4.87. The summed E-state index contributed by atoms with van der Waals surface area (Å²) in [6, 6.07) is 1.67. The average Bonchev–Trinajstić information content (AvgIpc) is 2.80. The Morgan fingerprint density at radius 1 is 1.18 bits per heavy atom. The van der Waals surface area contributed by atoms with Gasteiger partial charge in [-0.15, -0.1) is 0 Å². The first-order valence-corrected chi connectivity index (χ1v) is 7.65. The molecule has 0 aromatic heterocycles. The van der Waals surface area contributed by atoms with Crippen molar-refractivity contribution in [1.82, 2.24) is 10.2 Å². The second kappa shape index (κ2) is 6.19. The summed E-state index contributed by atoms with van der Waals surface area (Å²) in [5.74, 6) is 1.67. The maximum atomic E-state index is 3.60. The van der Waals surface area contributed by atoms with Gasteiger partial charge in [0.15, 0.2) is 0 Å². The van der Waals surface area contributed by atoms with Gasteiger partial charge in [0.2, 0.25) is 0 Å². The van der Waals surface area contributed by atoms with E-state index in [0.717, 1.165) is 23.9 Å². The maximum absolute atomic E-state index is 3.60. The number of piperidine rings is 1. The monoisotopic (exact) mass is 238 g/mol. The van der Waals surface area contributed by atoms with E-state index in [4.69, 9.17) is 0 Å². The van der Waals surface area contributed by atoms with Gasteiger partial charge >= 0.3 is 0 Å². The van der Waals surface area contributed by atoms with Crippen LogP contribution in [0.15, 0.2) is 0 Å². The van der Waals surface area contributed by atoms with E-state index >= 15 is 0 Å². The highest BCUT2D eigenvalue weighted by atomic mass is 15.2. The summed E-state index contributed by atoms with van der Waals surface area (Å²) in [4.78, 5) is 2.86. The molecule has 2 fully saturated rings. The van der Waals surface area contributed by atoms with Gasteiger partial charge in [-0.05, 0) is 37.6 Å². The molecule has 0 bridgehead atoms. The molecule has 17 heavy (non-hydrogen) atoms. The van der Waals surface area contributed by atoms with Gasteiger partial charge in [0.1, 0.15) is 0 Å². The molecule has 1 N–H and O–H groups in total. The van der Waals surface area contributed by atoms with Gasteiger partial charge in [-0.2, -0.15) is 0 Å². The van der Waals surface area contributed by atoms with E-state index in [1.807, 2.05) is 0 Å². The molecule has 1 aliphatic heterocycles. The topological polar surface area (TPSA) is 15.3 Å². The van der Waals surface area contributed by atoms with Crippen LogP contribution in [0.25, 0.3) is 0 Å². The summed E-state index contributed by atoms with van der Waals surface area (Å²) < 4.78 is 0. The van der Waals surface area contributed by atoms with Gasteiger partial charge in [-0.3, -0.25) is 4.90 Å². The molecule has 2 atom stereocenters. The van der Waals surface area contributed by atoms with Gasteiger partial charge in [0, 0.05) is 25.2 Å². The Balaban J connectivity index is 2.01. The molecule has 0 aromatic carbocycles. The fraction of sp³-hybridized carbons (Fsp3) is 1.00. The maximum Gasteiger partial charge on any atom is 0.0249 e. The molecule has 1 saturated heterocycles. The van der Waals surface area contributed by atoms with Crippen LogP contribution in [0.2, 0.25) is 0 Å². The van der Waals surface area contributed by atoms with E-state index < -0.39 is 0 Å². The van der Waals surface area contributed by atoms with Crippen molar-refractivity contribution in [3.05, 3.63) is 0 Å². The van der Waals surface area contributed by atoms with E-state index in [9.17, 15) is 0 Å². The highest BCUT2D eigenvalue weighted by Gasteiger charge is 2.33. The quantitative estimate of drug-likeness (QED) is 0.810. The molecule has 2 unspecified atom stereocenters. The molecule has 1 heterocycles. The highest BCUT2D eigenvalue weighted by Crippen LogP contribution is 2.29. The van der Waals surface area contributed by atoms with E-state index in [0.29, 0.717) is 0 Å². The lowest BCUT2D eigenvalue weighted by Crippen LogP contribution is -2.54. The molecule has 1 saturated carbocycles. The van der Waals surface area contributed by atoms with Crippen molar-refractivity contribution in [3.8, 4) is 0 Å². The fourth-order valence-electron chi connectivity index (χ4n) is 3.63. The lowest BCUT2D eigenvalue weighted by atomic mass is 9.91. The van der Waals surface area contributed by atoms with E-state index in [1.54, 1.807) is 0 Å². The Labute approximate surface area is 107 Å². The van der Waals surface area contributed by atoms with Crippen LogP contribution >= 0.6 is 0 Å². The zero-order valence-electron chi connectivity index (χ0n) is 11.9. The van der Waals surface area contributed by atoms with Crippen LogP contribution < -0.4 is 5.32 Å². The van der Waals surface area contributed by atoms with Crippen molar-refractivity contribution in [2.45, 2.75) is 65.0 Å². The lowest BCUT2D eigenvalue weighted by Gasteiger charge is -2.43. The Morgan fingerprint density at radius 2 is 1.88 bits per heavy atom. The normalized spacial score (nSPS) is 31.6. The van der Waals surface area contributed by atoms with E-state index in [1.165, 1.54) is 51.7 Å². The summed E-state index contributed by atoms with van der Waals surface area (Å²) in [5.41, 5.74) is 0. The molecule has 2 heteroatoms. The second-order valence-electron chi connectivity index (χ2n) is 6.57. The predicted octanol–water partition coefficient (Wildman–Crippen LogP) is 2.89. The van der Waals surface area contributed by atoms with Crippen molar-refractivity contribution in [3.63, 3.8) is 0 Å². The van der Waals surface area contributed by atoms with Gasteiger partial charge in [0.25, 0.3) is 0 Å².